The Bertz CT molecular complexity index is 988. The Morgan fingerprint density at radius 3 is 1.32 bits per heavy atom. The van der Waals surface area contributed by atoms with Crippen LogP contribution in [0.5, 0.6) is 0 Å². The molecule has 0 spiro atoms. The number of aliphatic hydroxyl groups is 2. The fraction of sp³-hybridized carbons (Fsp3) is 0.867. The lowest BCUT2D eigenvalue weighted by Crippen LogP contribution is -2.29. The summed E-state index contributed by atoms with van der Waals surface area (Å²) in [5.74, 6) is -0.930. The summed E-state index contributed by atoms with van der Waals surface area (Å²) in [5, 5.41) is 18.3. The minimum atomic E-state index is -4.62. The first kappa shape index (κ1) is 54.5. The second-order valence-corrected chi connectivity index (χ2v) is 16.9. The topological polar surface area (TPSA) is 149 Å². The van der Waals surface area contributed by atoms with E-state index >= 15 is 0 Å². The summed E-state index contributed by atoms with van der Waals surface area (Å²) in [7, 11) is -4.62. The summed E-state index contributed by atoms with van der Waals surface area (Å²) < 4.78 is 32.7. The molecule has 0 bridgehead atoms. The molecule has 3 atom stereocenters. The molecule has 330 valence electrons. The van der Waals surface area contributed by atoms with E-state index in [0.29, 0.717) is 12.8 Å². The first-order valence-corrected chi connectivity index (χ1v) is 24.3. The van der Waals surface area contributed by atoms with E-state index in [1.54, 1.807) is 0 Å². The van der Waals surface area contributed by atoms with Gasteiger partial charge in [0, 0.05) is 12.8 Å². The number of unbranched alkanes of at least 4 members (excludes halogenated alkanes) is 25. The predicted octanol–water partition coefficient (Wildman–Crippen LogP) is 12.2. The molecule has 0 aliphatic heterocycles. The van der Waals surface area contributed by atoms with Gasteiger partial charge >= 0.3 is 19.8 Å². The van der Waals surface area contributed by atoms with Gasteiger partial charge in [-0.3, -0.25) is 18.6 Å². The molecule has 0 aromatic rings. The Balaban J connectivity index is 4.18. The molecule has 0 saturated heterocycles. The van der Waals surface area contributed by atoms with E-state index in [1.807, 2.05) is 0 Å². The maximum absolute atomic E-state index is 12.6. The Morgan fingerprint density at radius 1 is 0.518 bits per heavy atom. The van der Waals surface area contributed by atoms with E-state index in [4.69, 9.17) is 19.1 Å². The molecule has 0 aliphatic rings. The first-order valence-electron chi connectivity index (χ1n) is 22.8. The van der Waals surface area contributed by atoms with Crippen molar-refractivity contribution in [2.24, 2.45) is 0 Å². The molecule has 3 N–H and O–H groups in total. The predicted molar refractivity (Wildman–Crippen MR) is 228 cm³/mol. The number of ether oxygens (including phenoxy) is 2. The van der Waals surface area contributed by atoms with Crippen LogP contribution < -0.4 is 0 Å². The molecule has 11 heteroatoms. The highest BCUT2D eigenvalue weighted by Gasteiger charge is 2.27. The van der Waals surface area contributed by atoms with Gasteiger partial charge < -0.3 is 24.6 Å². The quantitative estimate of drug-likeness (QED) is 0.0235. The van der Waals surface area contributed by atoms with Gasteiger partial charge in [0.15, 0.2) is 6.10 Å². The van der Waals surface area contributed by atoms with Crippen LogP contribution >= 0.6 is 7.82 Å². The lowest BCUT2D eigenvalue weighted by molar-refractivity contribution is -0.161. The highest BCUT2D eigenvalue weighted by atomic mass is 31.2. The third kappa shape index (κ3) is 40.6. The van der Waals surface area contributed by atoms with Gasteiger partial charge in [-0.2, -0.15) is 0 Å². The van der Waals surface area contributed by atoms with Gasteiger partial charge in [0.05, 0.1) is 19.8 Å². The Labute approximate surface area is 342 Å². The second-order valence-electron chi connectivity index (χ2n) is 15.4. The Hall–Kier alpha value is -1.55. The standard InChI is InChI=1S/C45H85O10P/c1-3-5-7-9-11-13-15-17-18-19-20-21-22-23-24-25-27-28-30-32-34-36-44(48)52-40-43(41-54-56(50,51)53-39-42(47)38-46)55-45(49)37-35-33-31-29-26-16-14-12-10-8-6-4-2/h12,14,17-18,42-43,46-47H,3-11,13,15-16,19-41H2,1-2H3,(H,50,51)/b14-12+,18-17+/t42-,43+/m1/s1. The van der Waals surface area contributed by atoms with Crippen molar-refractivity contribution in [3.05, 3.63) is 24.3 Å². The summed E-state index contributed by atoms with van der Waals surface area (Å²) in [6.45, 7) is 2.36. The fourth-order valence-corrected chi connectivity index (χ4v) is 7.07. The largest absolute Gasteiger partial charge is 0.472 e. The number of rotatable bonds is 43. The van der Waals surface area contributed by atoms with E-state index in [-0.39, 0.29) is 19.4 Å². The van der Waals surface area contributed by atoms with E-state index in [9.17, 15) is 24.2 Å². The summed E-state index contributed by atoms with van der Waals surface area (Å²) in [5.41, 5.74) is 0. The number of hydrogen-bond donors (Lipinski definition) is 3. The third-order valence-corrected chi connectivity index (χ3v) is 10.8. The maximum Gasteiger partial charge on any atom is 0.472 e. The van der Waals surface area contributed by atoms with Crippen LogP contribution in [-0.4, -0.2) is 65.7 Å². The van der Waals surface area contributed by atoms with Crippen LogP contribution in [0.2, 0.25) is 0 Å². The number of carbonyl (C=O) groups is 2. The summed E-state index contributed by atoms with van der Waals surface area (Å²) in [6, 6.07) is 0. The van der Waals surface area contributed by atoms with Crippen LogP contribution in [0.4, 0.5) is 0 Å². The normalized spacial score (nSPS) is 14.0. The van der Waals surface area contributed by atoms with Crippen molar-refractivity contribution in [2.75, 3.05) is 26.4 Å². The van der Waals surface area contributed by atoms with E-state index in [0.717, 1.165) is 57.8 Å². The molecule has 0 radical (unpaired) electrons. The number of phosphoric ester groups is 1. The number of aliphatic hydroxyl groups excluding tert-OH is 2. The van der Waals surface area contributed by atoms with Crippen molar-refractivity contribution in [1.29, 1.82) is 0 Å². The highest BCUT2D eigenvalue weighted by Crippen LogP contribution is 2.43. The minimum Gasteiger partial charge on any atom is -0.462 e. The number of phosphoric acid groups is 1. The van der Waals surface area contributed by atoms with Gasteiger partial charge in [-0.15, -0.1) is 0 Å². The Morgan fingerprint density at radius 2 is 0.875 bits per heavy atom. The average Bonchev–Trinajstić information content (AvgIpc) is 3.19. The van der Waals surface area contributed by atoms with Gasteiger partial charge in [-0.25, -0.2) is 4.57 Å². The van der Waals surface area contributed by atoms with Crippen molar-refractivity contribution >= 4 is 19.8 Å². The van der Waals surface area contributed by atoms with Crippen LogP contribution in [0, 0.1) is 0 Å². The van der Waals surface area contributed by atoms with Crippen molar-refractivity contribution in [2.45, 2.75) is 225 Å². The minimum absolute atomic E-state index is 0.176. The molecule has 0 fully saturated rings. The zero-order valence-electron chi connectivity index (χ0n) is 35.9. The van der Waals surface area contributed by atoms with Gasteiger partial charge in [0.2, 0.25) is 0 Å². The van der Waals surface area contributed by atoms with E-state index in [1.165, 1.54) is 116 Å². The van der Waals surface area contributed by atoms with Crippen LogP contribution in [0.1, 0.15) is 213 Å². The summed E-state index contributed by atoms with van der Waals surface area (Å²) in [4.78, 5) is 35.0. The monoisotopic (exact) mass is 817 g/mol. The SMILES string of the molecule is CCCCC/C=C/CCCCCCCC(=O)O[C@@H](COC(=O)CCCCCCCCCCCCC/C=C/CCCCCCCC)COP(=O)(O)OC[C@H](O)CO. The second kappa shape index (κ2) is 41.6. The van der Waals surface area contributed by atoms with Crippen LogP contribution in [0.3, 0.4) is 0 Å². The van der Waals surface area contributed by atoms with E-state index in [2.05, 4.69) is 42.7 Å². The zero-order valence-corrected chi connectivity index (χ0v) is 36.8. The lowest BCUT2D eigenvalue weighted by atomic mass is 10.0. The first-order chi connectivity index (χ1) is 27.2. The average molecular weight is 817 g/mol. The molecule has 0 amide bonds. The smallest absolute Gasteiger partial charge is 0.462 e. The molecule has 0 saturated carbocycles. The molecular formula is C45H85O10P. The maximum atomic E-state index is 12.6. The molecule has 0 aromatic heterocycles. The van der Waals surface area contributed by atoms with E-state index < -0.39 is 51.8 Å². The van der Waals surface area contributed by atoms with Crippen LogP contribution in [-0.2, 0) is 32.7 Å². The molecular weight excluding hydrogens is 731 g/mol. The summed E-state index contributed by atoms with van der Waals surface area (Å²) in [6.07, 6.45) is 41.5. The number of hydrogen-bond acceptors (Lipinski definition) is 9. The zero-order chi connectivity index (χ0) is 41.2. The molecule has 0 heterocycles. The molecule has 10 nitrogen and oxygen atoms in total. The molecule has 0 aromatic carbocycles. The lowest BCUT2D eigenvalue weighted by Gasteiger charge is -2.20. The van der Waals surface area contributed by atoms with Crippen molar-refractivity contribution in [3.8, 4) is 0 Å². The molecule has 0 rings (SSSR count). The van der Waals surface area contributed by atoms with Gasteiger partial charge in [0.25, 0.3) is 0 Å². The fourth-order valence-electron chi connectivity index (χ4n) is 6.28. The molecule has 0 aliphatic carbocycles. The van der Waals surface area contributed by atoms with Gasteiger partial charge in [-0.1, -0.05) is 160 Å². The number of carbonyl (C=O) groups excluding carboxylic acids is 2. The summed E-state index contributed by atoms with van der Waals surface area (Å²) >= 11 is 0. The number of allylic oxidation sites excluding steroid dienone is 4. The number of esters is 2. The van der Waals surface area contributed by atoms with Gasteiger partial charge in [-0.05, 0) is 64.2 Å². The molecule has 1 unspecified atom stereocenters. The highest BCUT2D eigenvalue weighted by molar-refractivity contribution is 7.47. The molecule has 56 heavy (non-hydrogen) atoms. The van der Waals surface area contributed by atoms with Crippen LogP contribution in [0.15, 0.2) is 24.3 Å². The van der Waals surface area contributed by atoms with Crippen molar-refractivity contribution < 1.29 is 47.8 Å². The van der Waals surface area contributed by atoms with Crippen LogP contribution in [0.25, 0.3) is 0 Å². The third-order valence-electron chi connectivity index (χ3n) is 9.83. The van der Waals surface area contributed by atoms with Crippen molar-refractivity contribution in [3.63, 3.8) is 0 Å². The van der Waals surface area contributed by atoms with Crippen molar-refractivity contribution in [1.82, 2.24) is 0 Å². The Kier molecular flexibility index (Phi) is 40.5. The van der Waals surface area contributed by atoms with Gasteiger partial charge in [0.1, 0.15) is 12.7 Å².